The van der Waals surface area contributed by atoms with E-state index in [1.807, 2.05) is 0 Å². The van der Waals surface area contributed by atoms with Gasteiger partial charge in [-0.05, 0) is 37.1 Å². The Labute approximate surface area is 147 Å². The van der Waals surface area contributed by atoms with Crippen molar-refractivity contribution in [1.82, 2.24) is 9.88 Å². The average molecular weight is 330 g/mol. The second-order valence-electron chi connectivity index (χ2n) is 6.64. The largest absolute Gasteiger partial charge is 0.357 e. The van der Waals surface area contributed by atoms with Gasteiger partial charge >= 0.3 is 0 Å². The first kappa shape index (κ1) is 15.7. The third-order valence-electron chi connectivity index (χ3n) is 5.31. The molecule has 4 rings (SSSR count). The highest BCUT2D eigenvalue weighted by atomic mass is 16.1. The molecule has 1 atom stereocenters. The van der Waals surface area contributed by atoms with Crippen LogP contribution in [-0.4, -0.2) is 17.5 Å². The zero-order chi connectivity index (χ0) is 17.3. The van der Waals surface area contributed by atoms with Crippen LogP contribution in [0.15, 0.2) is 66.8 Å². The van der Waals surface area contributed by atoms with Gasteiger partial charge in [-0.15, -0.1) is 0 Å². The van der Waals surface area contributed by atoms with Gasteiger partial charge in [0.1, 0.15) is 0 Å². The molecule has 1 aliphatic rings. The van der Waals surface area contributed by atoms with Crippen LogP contribution in [0, 0.1) is 0 Å². The number of fused-ring (bicyclic) bond motifs is 3. The summed E-state index contributed by atoms with van der Waals surface area (Å²) in [5.41, 5.74) is 3.60. The number of benzene rings is 2. The van der Waals surface area contributed by atoms with Crippen molar-refractivity contribution in [2.45, 2.75) is 25.3 Å². The van der Waals surface area contributed by atoms with Crippen molar-refractivity contribution in [3.8, 4) is 0 Å². The minimum absolute atomic E-state index is 0.181. The molecule has 2 aromatic carbocycles. The van der Waals surface area contributed by atoms with Gasteiger partial charge in [0.15, 0.2) is 0 Å². The highest BCUT2D eigenvalue weighted by molar-refractivity contribution is 6.08. The van der Waals surface area contributed by atoms with Crippen LogP contribution in [-0.2, 0) is 16.8 Å². The first-order valence-electron chi connectivity index (χ1n) is 8.82. The molecule has 1 unspecified atom stereocenters. The van der Waals surface area contributed by atoms with Crippen LogP contribution in [0.5, 0.6) is 0 Å². The maximum Gasteiger partial charge on any atom is 0.207 e. The predicted octanol–water partition coefficient (Wildman–Crippen LogP) is 4.31. The Kier molecular flexibility index (Phi) is 3.92. The maximum atomic E-state index is 10.9. The number of nitrogens with one attached hydrogen (secondary N) is 1. The van der Waals surface area contributed by atoms with Crippen LogP contribution >= 0.6 is 0 Å². The fourth-order valence-electron chi connectivity index (χ4n) is 4.04. The molecule has 0 bridgehead atoms. The summed E-state index contributed by atoms with van der Waals surface area (Å²) in [7, 11) is 0. The predicted molar refractivity (Wildman–Crippen MR) is 104 cm³/mol. The molecular formula is C22H22N2O. The molecule has 1 amide bonds. The van der Waals surface area contributed by atoms with Crippen LogP contribution in [0.25, 0.3) is 21.8 Å². The molecule has 0 saturated carbocycles. The van der Waals surface area contributed by atoms with E-state index < -0.39 is 0 Å². The molecule has 0 saturated heterocycles. The van der Waals surface area contributed by atoms with Gasteiger partial charge in [0.05, 0.1) is 0 Å². The zero-order valence-electron chi connectivity index (χ0n) is 14.4. The molecule has 0 fully saturated rings. The number of hydrogen-bond donors (Lipinski definition) is 1. The van der Waals surface area contributed by atoms with E-state index in [1.54, 1.807) is 0 Å². The lowest BCUT2D eigenvalue weighted by atomic mass is 9.75. The number of para-hydroxylation sites is 1. The highest BCUT2D eigenvalue weighted by Gasteiger charge is 2.29. The summed E-state index contributed by atoms with van der Waals surface area (Å²) < 4.78 is 2.36. The van der Waals surface area contributed by atoms with E-state index >= 15 is 0 Å². The van der Waals surface area contributed by atoms with Crippen LogP contribution < -0.4 is 5.32 Å². The minimum Gasteiger partial charge on any atom is -0.357 e. The number of aryl methyl sites for hydroxylation is 1. The van der Waals surface area contributed by atoms with Gasteiger partial charge in [-0.1, -0.05) is 48.6 Å². The summed E-state index contributed by atoms with van der Waals surface area (Å²) in [6.07, 6.45) is 10.2. The number of nitrogens with zero attached hydrogens (tertiary/aromatic N) is 1. The molecule has 0 radical (unpaired) electrons. The van der Waals surface area contributed by atoms with E-state index in [0.717, 1.165) is 19.4 Å². The third-order valence-corrected chi connectivity index (χ3v) is 5.31. The Morgan fingerprint density at radius 2 is 1.96 bits per heavy atom. The lowest BCUT2D eigenvalue weighted by molar-refractivity contribution is -0.109. The number of amides is 1. The van der Waals surface area contributed by atoms with Crippen LogP contribution in [0.2, 0.25) is 0 Å². The Morgan fingerprint density at radius 1 is 1.12 bits per heavy atom. The quantitative estimate of drug-likeness (QED) is 0.695. The monoisotopic (exact) mass is 330 g/mol. The van der Waals surface area contributed by atoms with E-state index in [2.05, 4.69) is 83.6 Å². The Balaban J connectivity index is 1.93. The average Bonchev–Trinajstić information content (AvgIpc) is 3.00. The lowest BCUT2D eigenvalue weighted by Crippen LogP contribution is -2.36. The van der Waals surface area contributed by atoms with Crippen molar-refractivity contribution in [3.05, 3.63) is 72.3 Å². The normalized spacial score (nSPS) is 19.6. The summed E-state index contributed by atoms with van der Waals surface area (Å²) in [6.45, 7) is 3.74. The van der Waals surface area contributed by atoms with Crippen LogP contribution in [0.3, 0.4) is 0 Å². The van der Waals surface area contributed by atoms with Gasteiger partial charge in [-0.3, -0.25) is 4.79 Å². The van der Waals surface area contributed by atoms with E-state index in [9.17, 15) is 4.79 Å². The number of rotatable bonds is 5. The Morgan fingerprint density at radius 3 is 2.72 bits per heavy atom. The molecule has 25 heavy (non-hydrogen) atoms. The first-order valence-corrected chi connectivity index (χ1v) is 8.82. The van der Waals surface area contributed by atoms with E-state index in [4.69, 9.17) is 0 Å². The van der Waals surface area contributed by atoms with Crippen LogP contribution in [0.1, 0.15) is 18.9 Å². The highest BCUT2D eigenvalue weighted by Crippen LogP contribution is 2.37. The van der Waals surface area contributed by atoms with Crippen molar-refractivity contribution in [2.24, 2.45) is 0 Å². The van der Waals surface area contributed by atoms with Crippen molar-refractivity contribution in [1.29, 1.82) is 0 Å². The van der Waals surface area contributed by atoms with Crippen LogP contribution in [0.4, 0.5) is 0 Å². The smallest absolute Gasteiger partial charge is 0.207 e. The van der Waals surface area contributed by atoms with E-state index in [1.165, 1.54) is 27.4 Å². The van der Waals surface area contributed by atoms with Gasteiger partial charge in [0.2, 0.25) is 6.41 Å². The second-order valence-corrected chi connectivity index (χ2v) is 6.64. The summed E-state index contributed by atoms with van der Waals surface area (Å²) >= 11 is 0. The number of aromatic nitrogens is 1. The summed E-state index contributed by atoms with van der Waals surface area (Å²) in [5.74, 6) is 0. The molecule has 0 aliphatic heterocycles. The van der Waals surface area contributed by atoms with Crippen molar-refractivity contribution < 1.29 is 4.79 Å². The van der Waals surface area contributed by atoms with Gasteiger partial charge in [0, 0.05) is 40.3 Å². The molecule has 1 heterocycles. The molecule has 1 N–H and O–H groups in total. The number of carbonyl (C=O) groups excluding carboxylic acids is 1. The van der Waals surface area contributed by atoms with E-state index in [-0.39, 0.29) is 5.41 Å². The summed E-state index contributed by atoms with van der Waals surface area (Å²) in [5, 5.41) is 5.46. The molecular weight excluding hydrogens is 308 g/mol. The molecule has 3 nitrogen and oxygen atoms in total. The van der Waals surface area contributed by atoms with E-state index in [0.29, 0.717) is 6.54 Å². The van der Waals surface area contributed by atoms with Crippen molar-refractivity contribution >= 4 is 28.2 Å². The topological polar surface area (TPSA) is 34.0 Å². The minimum atomic E-state index is -0.181. The summed E-state index contributed by atoms with van der Waals surface area (Å²) in [6, 6.07) is 15.3. The molecule has 3 aromatic rings. The maximum absolute atomic E-state index is 10.9. The summed E-state index contributed by atoms with van der Waals surface area (Å²) in [4.78, 5) is 10.9. The number of allylic oxidation sites excluding steroid dienone is 3. The zero-order valence-corrected chi connectivity index (χ0v) is 14.4. The van der Waals surface area contributed by atoms with Gasteiger partial charge in [0.25, 0.3) is 0 Å². The van der Waals surface area contributed by atoms with Crippen molar-refractivity contribution in [3.63, 3.8) is 0 Å². The van der Waals surface area contributed by atoms with Gasteiger partial charge in [-0.2, -0.15) is 0 Å². The van der Waals surface area contributed by atoms with Gasteiger partial charge < -0.3 is 9.88 Å². The molecule has 126 valence electrons. The SMILES string of the molecule is CCn1c2ccccc2c2cc(C3(CNC=O)C=CC=CC3)ccc21. The molecule has 1 aliphatic carbocycles. The Bertz CT molecular complexity index is 996. The third kappa shape index (κ3) is 2.47. The van der Waals surface area contributed by atoms with Gasteiger partial charge in [-0.25, -0.2) is 0 Å². The fourth-order valence-corrected chi connectivity index (χ4v) is 4.04. The fraction of sp³-hybridized carbons (Fsp3) is 0.227. The Hall–Kier alpha value is -2.81. The molecule has 3 heteroatoms. The first-order chi connectivity index (χ1) is 12.3. The van der Waals surface area contributed by atoms with Crippen molar-refractivity contribution in [2.75, 3.05) is 6.54 Å². The lowest BCUT2D eigenvalue weighted by Gasteiger charge is -2.31. The number of hydrogen-bond acceptors (Lipinski definition) is 1. The molecule has 1 aromatic heterocycles. The standard InChI is InChI=1S/C22H22N2O/c1-2-24-20-9-5-4-8-18(20)19-14-17(10-11-21(19)24)22(15-23-16-25)12-6-3-7-13-22/h3-12,14,16H,2,13,15H2,1H3,(H,23,25). The molecule has 0 spiro atoms. The number of carbonyl (C=O) groups is 1. The second kappa shape index (κ2) is 6.25.